The molecular weight excluding hydrogens is 237 g/mol. The number of amides is 1. The van der Waals surface area contributed by atoms with Gasteiger partial charge in [-0.3, -0.25) is 4.79 Å². The van der Waals surface area contributed by atoms with Gasteiger partial charge in [0.25, 0.3) is 0 Å². The number of carboxylic acid groups (broad SMARTS) is 1. The van der Waals surface area contributed by atoms with Crippen LogP contribution in [0.3, 0.4) is 0 Å². The fraction of sp³-hybridized carbons (Fsp3) is 0.385. The van der Waals surface area contributed by atoms with Crippen LogP contribution in [0.25, 0.3) is 0 Å². The second kappa shape index (κ2) is 5.16. The Morgan fingerprint density at radius 1 is 1.44 bits per heavy atom. The summed E-state index contributed by atoms with van der Waals surface area (Å²) in [4.78, 5) is 22.6. The highest BCUT2D eigenvalue weighted by molar-refractivity contribution is 5.86. The van der Waals surface area contributed by atoms with Gasteiger partial charge in [0.05, 0.1) is 0 Å². The van der Waals surface area contributed by atoms with E-state index in [0.29, 0.717) is 5.56 Å². The van der Waals surface area contributed by atoms with E-state index in [1.165, 1.54) is 18.2 Å². The van der Waals surface area contributed by atoms with Crippen LogP contribution < -0.4 is 5.32 Å². The van der Waals surface area contributed by atoms with Crippen molar-refractivity contribution >= 4 is 11.9 Å². The number of carboxylic acids is 1. The Morgan fingerprint density at radius 2 is 2.17 bits per heavy atom. The van der Waals surface area contributed by atoms with E-state index < -0.39 is 17.8 Å². The molecule has 0 saturated heterocycles. The van der Waals surface area contributed by atoms with Crippen LogP contribution in [0, 0.1) is 11.7 Å². The molecule has 0 aromatic heterocycles. The normalized spacial score (nSPS) is 16.1. The number of hydrogen-bond acceptors (Lipinski definition) is 2. The average Bonchev–Trinajstić information content (AvgIpc) is 3.11. The number of hydrogen-bond donors (Lipinski definition) is 2. The lowest BCUT2D eigenvalue weighted by atomic mass is 10.1. The third kappa shape index (κ3) is 3.29. The zero-order valence-corrected chi connectivity index (χ0v) is 9.73. The van der Waals surface area contributed by atoms with Crippen molar-refractivity contribution < 1.29 is 19.1 Å². The lowest BCUT2D eigenvalue weighted by Gasteiger charge is -2.14. The number of aliphatic carboxylic acids is 1. The molecule has 18 heavy (non-hydrogen) atoms. The Labute approximate surface area is 104 Å². The van der Waals surface area contributed by atoms with Crippen LogP contribution in [0.15, 0.2) is 24.3 Å². The van der Waals surface area contributed by atoms with E-state index in [9.17, 15) is 14.0 Å². The molecule has 2 rings (SSSR count). The third-order valence-corrected chi connectivity index (χ3v) is 2.89. The Balaban J connectivity index is 2.01. The molecular formula is C13H14FNO3. The van der Waals surface area contributed by atoms with Gasteiger partial charge < -0.3 is 10.4 Å². The van der Waals surface area contributed by atoms with Crippen LogP contribution in [0.4, 0.5) is 4.39 Å². The smallest absolute Gasteiger partial charge is 0.326 e. The summed E-state index contributed by atoms with van der Waals surface area (Å²) < 4.78 is 13.0. The van der Waals surface area contributed by atoms with Crippen LogP contribution in [-0.2, 0) is 16.0 Å². The molecule has 1 fully saturated rings. The molecule has 0 radical (unpaired) electrons. The van der Waals surface area contributed by atoms with E-state index in [1.807, 2.05) is 0 Å². The topological polar surface area (TPSA) is 66.4 Å². The molecule has 1 aromatic carbocycles. The quantitative estimate of drug-likeness (QED) is 0.830. The first-order valence-corrected chi connectivity index (χ1v) is 5.84. The van der Waals surface area contributed by atoms with Gasteiger partial charge in [0.1, 0.15) is 11.9 Å². The largest absolute Gasteiger partial charge is 0.480 e. The minimum atomic E-state index is -1.10. The highest BCUT2D eigenvalue weighted by atomic mass is 19.1. The van der Waals surface area contributed by atoms with Gasteiger partial charge in [-0.15, -0.1) is 0 Å². The molecule has 1 aliphatic rings. The molecule has 5 heteroatoms. The molecule has 4 nitrogen and oxygen atoms in total. The van der Waals surface area contributed by atoms with Gasteiger partial charge in [0, 0.05) is 12.3 Å². The van der Waals surface area contributed by atoms with Crippen molar-refractivity contribution in [2.24, 2.45) is 5.92 Å². The van der Waals surface area contributed by atoms with Crippen molar-refractivity contribution in [3.05, 3.63) is 35.6 Å². The summed E-state index contributed by atoms with van der Waals surface area (Å²) in [6, 6.07) is 4.73. The molecule has 0 spiro atoms. The molecule has 2 N–H and O–H groups in total. The fourth-order valence-electron chi connectivity index (χ4n) is 1.73. The van der Waals surface area contributed by atoms with Crippen molar-refractivity contribution in [1.29, 1.82) is 0 Å². The maximum absolute atomic E-state index is 13.0. The van der Waals surface area contributed by atoms with Crippen LogP contribution in [0.1, 0.15) is 18.4 Å². The number of halogens is 1. The van der Waals surface area contributed by atoms with Crippen LogP contribution in [-0.4, -0.2) is 23.0 Å². The number of rotatable bonds is 5. The van der Waals surface area contributed by atoms with Crippen molar-refractivity contribution in [1.82, 2.24) is 5.32 Å². The Kier molecular flexibility index (Phi) is 3.60. The van der Waals surface area contributed by atoms with E-state index in [2.05, 4.69) is 5.32 Å². The zero-order valence-electron chi connectivity index (χ0n) is 9.73. The molecule has 96 valence electrons. The highest BCUT2D eigenvalue weighted by Gasteiger charge is 2.32. The van der Waals surface area contributed by atoms with Crippen molar-refractivity contribution in [3.8, 4) is 0 Å². The minimum absolute atomic E-state index is 0.0423. The van der Waals surface area contributed by atoms with Crippen LogP contribution >= 0.6 is 0 Å². The second-order valence-electron chi connectivity index (χ2n) is 4.51. The first-order chi connectivity index (χ1) is 8.56. The summed E-state index contributed by atoms with van der Waals surface area (Å²) >= 11 is 0. The summed E-state index contributed by atoms with van der Waals surface area (Å²) in [5, 5.41) is 11.5. The van der Waals surface area contributed by atoms with E-state index in [-0.39, 0.29) is 18.2 Å². The Hall–Kier alpha value is -1.91. The lowest BCUT2D eigenvalue weighted by Crippen LogP contribution is -2.43. The fourth-order valence-corrected chi connectivity index (χ4v) is 1.73. The van der Waals surface area contributed by atoms with Gasteiger partial charge in [0.2, 0.25) is 5.91 Å². The zero-order chi connectivity index (χ0) is 13.1. The summed E-state index contributed by atoms with van der Waals surface area (Å²) in [6.07, 6.45) is 1.72. The highest BCUT2D eigenvalue weighted by Crippen LogP contribution is 2.29. The lowest BCUT2D eigenvalue weighted by molar-refractivity contribution is -0.142. The number of benzene rings is 1. The molecule has 0 aliphatic heterocycles. The second-order valence-corrected chi connectivity index (χ2v) is 4.51. The number of carbonyl (C=O) groups excluding carboxylic acids is 1. The molecule has 0 heterocycles. The van der Waals surface area contributed by atoms with Gasteiger partial charge in [-0.2, -0.15) is 0 Å². The minimum Gasteiger partial charge on any atom is -0.480 e. The maximum Gasteiger partial charge on any atom is 0.326 e. The summed E-state index contributed by atoms with van der Waals surface area (Å²) in [6.45, 7) is 0. The number of carbonyl (C=O) groups is 2. The van der Waals surface area contributed by atoms with Gasteiger partial charge in [-0.25, -0.2) is 9.18 Å². The Bertz CT molecular complexity index is 471. The first-order valence-electron chi connectivity index (χ1n) is 5.84. The molecule has 1 saturated carbocycles. The average molecular weight is 251 g/mol. The van der Waals surface area contributed by atoms with Crippen LogP contribution in [0.5, 0.6) is 0 Å². The third-order valence-electron chi connectivity index (χ3n) is 2.89. The van der Waals surface area contributed by atoms with Crippen LogP contribution in [0.2, 0.25) is 0 Å². The van der Waals surface area contributed by atoms with Crippen molar-refractivity contribution in [3.63, 3.8) is 0 Å². The Morgan fingerprint density at radius 3 is 2.72 bits per heavy atom. The molecule has 1 aromatic rings. The maximum atomic E-state index is 13.0. The number of nitrogens with one attached hydrogen (secondary N) is 1. The predicted molar refractivity (Wildman–Crippen MR) is 62.4 cm³/mol. The molecule has 1 amide bonds. The first kappa shape index (κ1) is 12.5. The molecule has 1 aliphatic carbocycles. The van der Waals surface area contributed by atoms with E-state index >= 15 is 0 Å². The summed E-state index contributed by atoms with van der Waals surface area (Å²) in [5.74, 6) is -1.78. The predicted octanol–water partition coefficient (Wildman–Crippen LogP) is 1.35. The summed E-state index contributed by atoms with van der Waals surface area (Å²) in [7, 11) is 0. The molecule has 0 unspecified atom stereocenters. The van der Waals surface area contributed by atoms with E-state index in [4.69, 9.17) is 5.11 Å². The molecule has 0 bridgehead atoms. The van der Waals surface area contributed by atoms with Gasteiger partial charge in [-0.1, -0.05) is 12.1 Å². The van der Waals surface area contributed by atoms with Gasteiger partial charge >= 0.3 is 5.97 Å². The van der Waals surface area contributed by atoms with Crippen molar-refractivity contribution in [2.75, 3.05) is 0 Å². The molecule has 1 atom stereocenters. The summed E-state index contributed by atoms with van der Waals surface area (Å²) in [5.41, 5.74) is 0.554. The monoisotopic (exact) mass is 251 g/mol. The van der Waals surface area contributed by atoms with Gasteiger partial charge in [-0.05, 0) is 30.5 Å². The van der Waals surface area contributed by atoms with Crippen molar-refractivity contribution in [2.45, 2.75) is 25.3 Å². The van der Waals surface area contributed by atoms with E-state index in [0.717, 1.165) is 12.8 Å². The standard InChI is InChI=1S/C13H14FNO3/c14-10-3-1-2-8(6-10)7-11(13(17)18)15-12(16)9-4-5-9/h1-3,6,9,11H,4-5,7H2,(H,15,16)(H,17,18)/t11-/m0/s1. The van der Waals surface area contributed by atoms with Gasteiger partial charge in [0.15, 0.2) is 0 Å². The van der Waals surface area contributed by atoms with E-state index in [1.54, 1.807) is 6.07 Å². The SMILES string of the molecule is O=C(N[C@@H](Cc1cccc(F)c1)C(=O)O)C1CC1.